The van der Waals surface area contributed by atoms with Crippen LogP contribution >= 0.6 is 0 Å². The SMILES string of the molecule is CN=C(NCCc1c(C)noc1C)NC(C)c1ccc(C)c(F)c1. The third kappa shape index (κ3) is 4.34. The van der Waals surface area contributed by atoms with Gasteiger partial charge in [-0.25, -0.2) is 4.39 Å². The second-order valence-corrected chi connectivity index (χ2v) is 5.93. The van der Waals surface area contributed by atoms with E-state index in [1.165, 1.54) is 0 Å². The third-order valence-corrected chi connectivity index (χ3v) is 4.12. The van der Waals surface area contributed by atoms with Crippen molar-refractivity contribution in [2.45, 2.75) is 40.2 Å². The first kappa shape index (κ1) is 18.0. The van der Waals surface area contributed by atoms with Crippen LogP contribution in [0.3, 0.4) is 0 Å². The van der Waals surface area contributed by atoms with Gasteiger partial charge in [-0.05, 0) is 51.3 Å². The number of guanidine groups is 1. The van der Waals surface area contributed by atoms with E-state index in [1.54, 1.807) is 26.1 Å². The predicted octanol–water partition coefficient (Wildman–Crippen LogP) is 3.21. The van der Waals surface area contributed by atoms with E-state index in [2.05, 4.69) is 20.8 Å². The maximum Gasteiger partial charge on any atom is 0.191 e. The molecule has 2 N–H and O–H groups in total. The summed E-state index contributed by atoms with van der Waals surface area (Å²) in [4.78, 5) is 4.22. The topological polar surface area (TPSA) is 62.5 Å². The normalized spacial score (nSPS) is 13.0. The van der Waals surface area contributed by atoms with Gasteiger partial charge in [-0.1, -0.05) is 17.3 Å². The minimum absolute atomic E-state index is 0.0506. The van der Waals surface area contributed by atoms with Crippen LogP contribution in [0.1, 0.15) is 41.1 Å². The van der Waals surface area contributed by atoms with Crippen LogP contribution in [0.15, 0.2) is 27.7 Å². The number of aromatic nitrogens is 1. The van der Waals surface area contributed by atoms with Gasteiger partial charge in [-0.3, -0.25) is 4.99 Å². The lowest BCUT2D eigenvalue weighted by Crippen LogP contribution is -2.39. The highest BCUT2D eigenvalue weighted by Gasteiger charge is 2.11. The molecule has 0 fully saturated rings. The number of nitrogens with zero attached hydrogens (tertiary/aromatic N) is 2. The Kier molecular flexibility index (Phi) is 5.95. The summed E-state index contributed by atoms with van der Waals surface area (Å²) in [7, 11) is 1.72. The van der Waals surface area contributed by atoms with Crippen LogP contribution in [0.5, 0.6) is 0 Å². The van der Waals surface area contributed by atoms with Crippen LogP contribution in [0.2, 0.25) is 0 Å². The molecule has 1 heterocycles. The van der Waals surface area contributed by atoms with Crippen molar-refractivity contribution in [2.24, 2.45) is 4.99 Å². The molecule has 0 saturated heterocycles. The van der Waals surface area contributed by atoms with Gasteiger partial charge in [0.05, 0.1) is 11.7 Å². The summed E-state index contributed by atoms with van der Waals surface area (Å²) in [6, 6.07) is 5.22. The fraction of sp³-hybridized carbons (Fsp3) is 0.444. The lowest BCUT2D eigenvalue weighted by Gasteiger charge is -2.18. The Morgan fingerprint density at radius 1 is 1.33 bits per heavy atom. The van der Waals surface area contributed by atoms with Crippen LogP contribution in [-0.4, -0.2) is 24.7 Å². The Bertz CT molecular complexity index is 704. The summed E-state index contributed by atoms with van der Waals surface area (Å²) < 4.78 is 18.9. The molecule has 24 heavy (non-hydrogen) atoms. The summed E-state index contributed by atoms with van der Waals surface area (Å²) in [6.07, 6.45) is 0.801. The van der Waals surface area contributed by atoms with Crippen molar-refractivity contribution < 1.29 is 8.91 Å². The number of hydrogen-bond donors (Lipinski definition) is 2. The van der Waals surface area contributed by atoms with Crippen molar-refractivity contribution in [3.8, 4) is 0 Å². The van der Waals surface area contributed by atoms with Gasteiger partial charge in [-0.2, -0.15) is 0 Å². The van der Waals surface area contributed by atoms with Crippen molar-refractivity contribution in [3.63, 3.8) is 0 Å². The molecule has 1 aromatic carbocycles. The van der Waals surface area contributed by atoms with Crippen molar-refractivity contribution in [3.05, 3.63) is 52.2 Å². The molecule has 130 valence electrons. The van der Waals surface area contributed by atoms with Crippen LogP contribution in [0.4, 0.5) is 4.39 Å². The monoisotopic (exact) mass is 332 g/mol. The Labute approximate surface area is 142 Å². The Morgan fingerprint density at radius 2 is 2.08 bits per heavy atom. The first-order valence-electron chi connectivity index (χ1n) is 8.07. The molecule has 0 aliphatic carbocycles. The zero-order valence-electron chi connectivity index (χ0n) is 14.9. The van der Waals surface area contributed by atoms with Crippen LogP contribution < -0.4 is 10.6 Å². The van der Waals surface area contributed by atoms with E-state index in [-0.39, 0.29) is 11.9 Å². The van der Waals surface area contributed by atoms with Crippen molar-refractivity contribution >= 4 is 5.96 Å². The number of nitrogens with one attached hydrogen (secondary N) is 2. The van der Waals surface area contributed by atoms with Crippen molar-refractivity contribution in [1.29, 1.82) is 0 Å². The summed E-state index contributed by atoms with van der Waals surface area (Å²) in [5.41, 5.74) is 3.56. The molecule has 0 spiro atoms. The average molecular weight is 332 g/mol. The first-order chi connectivity index (χ1) is 11.4. The average Bonchev–Trinajstić information content (AvgIpc) is 2.88. The fourth-order valence-corrected chi connectivity index (χ4v) is 2.53. The summed E-state index contributed by atoms with van der Waals surface area (Å²) in [5.74, 6) is 1.33. The standard InChI is InChI=1S/C18H25FN4O/c1-11-6-7-15(10-17(11)19)12(2)22-18(20-5)21-9-8-16-13(3)23-24-14(16)4/h6-7,10,12H,8-9H2,1-5H3,(H2,20,21,22). The number of rotatable bonds is 5. The zero-order chi connectivity index (χ0) is 17.7. The van der Waals surface area contributed by atoms with Gasteiger partial charge in [0.2, 0.25) is 0 Å². The first-order valence-corrected chi connectivity index (χ1v) is 8.07. The highest BCUT2D eigenvalue weighted by atomic mass is 19.1. The number of benzene rings is 1. The molecule has 6 heteroatoms. The third-order valence-electron chi connectivity index (χ3n) is 4.12. The second-order valence-electron chi connectivity index (χ2n) is 5.93. The highest BCUT2D eigenvalue weighted by Crippen LogP contribution is 2.16. The van der Waals surface area contributed by atoms with Gasteiger partial charge in [0.25, 0.3) is 0 Å². The van der Waals surface area contributed by atoms with Crippen LogP contribution in [0.25, 0.3) is 0 Å². The molecular formula is C18H25FN4O. The largest absolute Gasteiger partial charge is 0.361 e. The zero-order valence-corrected chi connectivity index (χ0v) is 14.9. The molecule has 0 aliphatic heterocycles. The van der Waals surface area contributed by atoms with E-state index in [1.807, 2.05) is 26.8 Å². The minimum Gasteiger partial charge on any atom is -0.361 e. The molecule has 1 aromatic heterocycles. The van der Waals surface area contributed by atoms with Crippen molar-refractivity contribution in [2.75, 3.05) is 13.6 Å². The summed E-state index contributed by atoms with van der Waals surface area (Å²) in [6.45, 7) is 8.29. The highest BCUT2D eigenvalue weighted by molar-refractivity contribution is 5.80. The maximum atomic E-state index is 13.7. The van der Waals surface area contributed by atoms with Gasteiger partial charge in [0.1, 0.15) is 11.6 Å². The Balaban J connectivity index is 1.91. The van der Waals surface area contributed by atoms with Gasteiger partial charge in [0.15, 0.2) is 5.96 Å². The smallest absolute Gasteiger partial charge is 0.191 e. The molecule has 1 unspecified atom stereocenters. The molecule has 0 amide bonds. The van der Waals surface area contributed by atoms with E-state index >= 15 is 0 Å². The molecule has 0 aliphatic rings. The Hall–Kier alpha value is -2.37. The maximum absolute atomic E-state index is 13.7. The van der Waals surface area contributed by atoms with E-state index in [0.29, 0.717) is 18.1 Å². The molecule has 0 radical (unpaired) electrons. The lowest BCUT2D eigenvalue weighted by molar-refractivity contribution is 0.392. The van der Waals surface area contributed by atoms with E-state index in [4.69, 9.17) is 4.52 Å². The van der Waals surface area contributed by atoms with Crippen LogP contribution in [0, 0.1) is 26.6 Å². The van der Waals surface area contributed by atoms with Gasteiger partial charge in [0, 0.05) is 19.2 Å². The van der Waals surface area contributed by atoms with Gasteiger partial charge < -0.3 is 15.2 Å². The molecule has 2 aromatic rings. The van der Waals surface area contributed by atoms with Gasteiger partial charge >= 0.3 is 0 Å². The lowest BCUT2D eigenvalue weighted by atomic mass is 10.1. The van der Waals surface area contributed by atoms with Gasteiger partial charge in [-0.15, -0.1) is 0 Å². The minimum atomic E-state index is -0.192. The summed E-state index contributed by atoms with van der Waals surface area (Å²) >= 11 is 0. The van der Waals surface area contributed by atoms with E-state index in [9.17, 15) is 4.39 Å². The Morgan fingerprint density at radius 3 is 2.67 bits per heavy atom. The number of aryl methyl sites for hydroxylation is 3. The molecule has 5 nitrogen and oxygen atoms in total. The number of hydrogen-bond acceptors (Lipinski definition) is 3. The fourth-order valence-electron chi connectivity index (χ4n) is 2.53. The molecular weight excluding hydrogens is 307 g/mol. The predicted molar refractivity (Wildman–Crippen MR) is 93.7 cm³/mol. The summed E-state index contributed by atoms with van der Waals surface area (Å²) in [5, 5.41) is 10.5. The quantitative estimate of drug-likeness (QED) is 0.652. The molecule has 1 atom stereocenters. The molecule has 2 rings (SSSR count). The number of halogens is 1. The van der Waals surface area contributed by atoms with Crippen LogP contribution in [-0.2, 0) is 6.42 Å². The molecule has 0 saturated carbocycles. The molecule has 0 bridgehead atoms. The van der Waals surface area contributed by atoms with E-state index < -0.39 is 0 Å². The van der Waals surface area contributed by atoms with Crippen molar-refractivity contribution in [1.82, 2.24) is 15.8 Å². The van der Waals surface area contributed by atoms with E-state index in [0.717, 1.165) is 29.0 Å². The second kappa shape index (κ2) is 7.95. The number of aliphatic imine (C=N–C) groups is 1.